The van der Waals surface area contributed by atoms with Crippen molar-refractivity contribution in [2.45, 2.75) is 25.8 Å². The van der Waals surface area contributed by atoms with Crippen molar-refractivity contribution in [3.8, 4) is 11.5 Å². The van der Waals surface area contributed by atoms with Gasteiger partial charge in [-0.15, -0.1) is 0 Å². The van der Waals surface area contributed by atoms with Gasteiger partial charge in [0.2, 0.25) is 0 Å². The Kier molecular flexibility index (Phi) is 5.02. The second kappa shape index (κ2) is 7.38. The number of carbonyl (C=O) groups excluding carboxylic acids is 1. The van der Waals surface area contributed by atoms with Crippen LogP contribution in [0.5, 0.6) is 11.5 Å². The number of aromatic nitrogens is 2. The number of H-pyrrole nitrogens is 1. The van der Waals surface area contributed by atoms with E-state index in [-0.39, 0.29) is 24.1 Å². The van der Waals surface area contributed by atoms with Crippen molar-refractivity contribution < 1.29 is 14.3 Å². The highest BCUT2D eigenvalue weighted by Crippen LogP contribution is 2.30. The number of carbonyl (C=O) groups is 1. The Morgan fingerprint density at radius 1 is 1.36 bits per heavy atom. The largest absolute Gasteiger partial charge is 0.493 e. The van der Waals surface area contributed by atoms with Crippen molar-refractivity contribution in [1.29, 1.82) is 0 Å². The molecule has 1 saturated heterocycles. The van der Waals surface area contributed by atoms with E-state index in [0.717, 1.165) is 12.8 Å². The molecule has 1 aromatic heterocycles. The lowest BCUT2D eigenvalue weighted by Crippen LogP contribution is -2.35. The summed E-state index contributed by atoms with van der Waals surface area (Å²) in [5.74, 6) is 1.50. The van der Waals surface area contributed by atoms with E-state index in [1.165, 1.54) is 6.07 Å². The average molecular weight is 343 g/mol. The van der Waals surface area contributed by atoms with Crippen LogP contribution in [0.2, 0.25) is 0 Å². The van der Waals surface area contributed by atoms with Gasteiger partial charge in [0.05, 0.1) is 13.2 Å². The SMILES string of the molecule is COc1ccccc1OCC(=O)N1CCC[C@@H]1c1nc(C)cc(=O)[nH]1. The molecule has 25 heavy (non-hydrogen) atoms. The van der Waals surface area contributed by atoms with Crippen molar-refractivity contribution in [3.63, 3.8) is 0 Å². The molecule has 1 aliphatic rings. The van der Waals surface area contributed by atoms with Crippen LogP contribution >= 0.6 is 0 Å². The van der Waals surface area contributed by atoms with Gasteiger partial charge in [-0.25, -0.2) is 4.98 Å². The number of hydrogen-bond acceptors (Lipinski definition) is 5. The Hall–Kier alpha value is -2.83. The topological polar surface area (TPSA) is 84.5 Å². The van der Waals surface area contributed by atoms with E-state index in [1.54, 1.807) is 31.1 Å². The molecule has 2 aromatic rings. The summed E-state index contributed by atoms with van der Waals surface area (Å²) in [5, 5.41) is 0. The highest BCUT2D eigenvalue weighted by atomic mass is 16.5. The molecule has 1 amide bonds. The minimum Gasteiger partial charge on any atom is -0.493 e. The van der Waals surface area contributed by atoms with Gasteiger partial charge in [0, 0.05) is 18.3 Å². The number of amides is 1. The Bertz CT molecular complexity index is 818. The number of hydrogen-bond donors (Lipinski definition) is 1. The molecule has 0 aliphatic carbocycles. The third-order valence-electron chi connectivity index (χ3n) is 4.20. The fourth-order valence-corrected chi connectivity index (χ4v) is 3.07. The predicted octanol–water partition coefficient (Wildman–Crippen LogP) is 1.83. The first-order valence-electron chi connectivity index (χ1n) is 8.21. The number of benzene rings is 1. The molecule has 0 radical (unpaired) electrons. The van der Waals surface area contributed by atoms with E-state index < -0.39 is 0 Å². The minimum atomic E-state index is -0.221. The molecule has 3 rings (SSSR count). The maximum atomic E-state index is 12.6. The van der Waals surface area contributed by atoms with Crippen LogP contribution in [0.3, 0.4) is 0 Å². The molecule has 7 nitrogen and oxygen atoms in total. The van der Waals surface area contributed by atoms with Gasteiger partial charge in [0.15, 0.2) is 18.1 Å². The summed E-state index contributed by atoms with van der Waals surface area (Å²) in [7, 11) is 1.56. The average Bonchev–Trinajstić information content (AvgIpc) is 3.09. The summed E-state index contributed by atoms with van der Waals surface area (Å²) in [4.78, 5) is 33.1. The molecule has 1 aliphatic heterocycles. The standard InChI is InChI=1S/C18H21N3O4/c1-12-10-16(22)20-18(19-12)13-6-5-9-21(13)17(23)11-25-15-8-4-3-7-14(15)24-2/h3-4,7-8,10,13H,5-6,9,11H2,1-2H3,(H,19,20,22)/t13-/m1/s1. The van der Waals surface area contributed by atoms with Crippen LogP contribution in [0.4, 0.5) is 0 Å². The molecule has 1 aromatic carbocycles. The van der Waals surface area contributed by atoms with Crippen LogP contribution in [0, 0.1) is 6.92 Å². The number of nitrogens with zero attached hydrogens (tertiary/aromatic N) is 2. The van der Waals surface area contributed by atoms with Crippen LogP contribution < -0.4 is 15.0 Å². The van der Waals surface area contributed by atoms with Crippen molar-refractivity contribution in [1.82, 2.24) is 14.9 Å². The molecule has 1 N–H and O–H groups in total. The van der Waals surface area contributed by atoms with E-state index in [0.29, 0.717) is 29.6 Å². The predicted molar refractivity (Wildman–Crippen MR) is 91.8 cm³/mol. The normalized spacial score (nSPS) is 16.7. The van der Waals surface area contributed by atoms with Crippen LogP contribution in [0.25, 0.3) is 0 Å². The maximum Gasteiger partial charge on any atom is 0.261 e. The number of nitrogens with one attached hydrogen (secondary N) is 1. The van der Waals surface area contributed by atoms with Crippen molar-refractivity contribution >= 4 is 5.91 Å². The Morgan fingerprint density at radius 3 is 2.84 bits per heavy atom. The quantitative estimate of drug-likeness (QED) is 0.895. The number of para-hydroxylation sites is 2. The first-order chi connectivity index (χ1) is 12.1. The fraction of sp³-hybridized carbons (Fsp3) is 0.389. The van der Waals surface area contributed by atoms with Crippen LogP contribution in [-0.4, -0.2) is 41.0 Å². The number of ether oxygens (including phenoxy) is 2. The summed E-state index contributed by atoms with van der Waals surface area (Å²) in [5.41, 5.74) is 0.440. The molecule has 1 fully saturated rings. The van der Waals surface area contributed by atoms with Gasteiger partial charge < -0.3 is 19.4 Å². The van der Waals surface area contributed by atoms with Crippen LogP contribution in [-0.2, 0) is 4.79 Å². The van der Waals surface area contributed by atoms with E-state index >= 15 is 0 Å². The third kappa shape index (κ3) is 3.81. The lowest BCUT2D eigenvalue weighted by molar-refractivity contribution is -0.134. The lowest BCUT2D eigenvalue weighted by Gasteiger charge is -2.24. The number of aromatic amines is 1. The zero-order valence-electron chi connectivity index (χ0n) is 14.3. The smallest absolute Gasteiger partial charge is 0.261 e. The van der Waals surface area contributed by atoms with E-state index in [2.05, 4.69) is 9.97 Å². The lowest BCUT2D eigenvalue weighted by atomic mass is 10.2. The second-order valence-electron chi connectivity index (χ2n) is 5.96. The summed E-state index contributed by atoms with van der Waals surface area (Å²) in [6, 6.07) is 8.41. The number of methoxy groups -OCH3 is 1. The van der Waals surface area contributed by atoms with Gasteiger partial charge >= 0.3 is 0 Å². The molecule has 1 atom stereocenters. The van der Waals surface area contributed by atoms with Gasteiger partial charge in [-0.05, 0) is 31.9 Å². The van der Waals surface area contributed by atoms with E-state index in [9.17, 15) is 9.59 Å². The zero-order chi connectivity index (χ0) is 17.8. The van der Waals surface area contributed by atoms with Gasteiger partial charge in [-0.2, -0.15) is 0 Å². The first-order valence-corrected chi connectivity index (χ1v) is 8.21. The molecule has 0 bridgehead atoms. The summed E-state index contributed by atoms with van der Waals surface area (Å²) < 4.78 is 10.8. The molecular weight excluding hydrogens is 322 g/mol. The number of rotatable bonds is 5. The number of likely N-dealkylation sites (tertiary alicyclic amines) is 1. The molecule has 132 valence electrons. The fourth-order valence-electron chi connectivity index (χ4n) is 3.07. The van der Waals surface area contributed by atoms with Gasteiger partial charge in [-0.1, -0.05) is 12.1 Å². The first kappa shape index (κ1) is 17.0. The molecule has 7 heteroatoms. The minimum absolute atomic E-state index is 0.0904. The molecule has 0 saturated carbocycles. The number of aryl methyl sites for hydroxylation is 1. The molecule has 0 unspecified atom stereocenters. The van der Waals surface area contributed by atoms with Crippen molar-refractivity contribution in [2.75, 3.05) is 20.3 Å². The summed E-state index contributed by atoms with van der Waals surface area (Å²) >= 11 is 0. The summed E-state index contributed by atoms with van der Waals surface area (Å²) in [6.45, 7) is 2.30. The monoisotopic (exact) mass is 343 g/mol. The third-order valence-corrected chi connectivity index (χ3v) is 4.20. The summed E-state index contributed by atoms with van der Waals surface area (Å²) in [6.07, 6.45) is 1.63. The zero-order valence-corrected chi connectivity index (χ0v) is 14.3. The molecule has 2 heterocycles. The van der Waals surface area contributed by atoms with Crippen LogP contribution in [0.15, 0.2) is 35.1 Å². The van der Waals surface area contributed by atoms with E-state index in [4.69, 9.17) is 9.47 Å². The second-order valence-corrected chi connectivity index (χ2v) is 5.96. The maximum absolute atomic E-state index is 12.6. The molecule has 0 spiro atoms. The Labute approximate surface area is 145 Å². The van der Waals surface area contributed by atoms with Gasteiger partial charge in [0.1, 0.15) is 5.82 Å². The Morgan fingerprint density at radius 2 is 2.12 bits per heavy atom. The Balaban J connectivity index is 1.71. The van der Waals surface area contributed by atoms with Crippen LogP contribution in [0.1, 0.15) is 30.4 Å². The van der Waals surface area contributed by atoms with E-state index in [1.807, 2.05) is 12.1 Å². The molecular formula is C18H21N3O4. The van der Waals surface area contributed by atoms with Gasteiger partial charge in [-0.3, -0.25) is 9.59 Å². The van der Waals surface area contributed by atoms with Crippen molar-refractivity contribution in [2.24, 2.45) is 0 Å². The van der Waals surface area contributed by atoms with Gasteiger partial charge in [0.25, 0.3) is 11.5 Å². The highest BCUT2D eigenvalue weighted by Gasteiger charge is 2.32. The highest BCUT2D eigenvalue weighted by molar-refractivity contribution is 5.78. The van der Waals surface area contributed by atoms with Crippen molar-refractivity contribution in [3.05, 3.63) is 52.2 Å².